The second-order valence-corrected chi connectivity index (χ2v) is 5.99. The number of rotatable bonds is 6. The molecule has 1 amide bonds. The number of halogens is 3. The molecular weight excluding hydrogens is 327 g/mol. The molecule has 4 heterocycles. The Morgan fingerprint density at radius 2 is 2.12 bits per heavy atom. The van der Waals surface area contributed by atoms with Crippen LogP contribution in [0.25, 0.3) is 0 Å². The Morgan fingerprint density at radius 3 is 2.79 bits per heavy atom. The van der Waals surface area contributed by atoms with Crippen molar-refractivity contribution in [3.63, 3.8) is 0 Å². The number of aromatic nitrogens is 1. The molecule has 0 spiro atoms. The van der Waals surface area contributed by atoms with Gasteiger partial charge in [0, 0.05) is 38.3 Å². The van der Waals surface area contributed by atoms with Crippen LogP contribution in [0.3, 0.4) is 0 Å². The van der Waals surface area contributed by atoms with Gasteiger partial charge in [0.15, 0.2) is 6.61 Å². The highest BCUT2D eigenvalue weighted by molar-refractivity contribution is 5.78. The minimum Gasteiger partial charge on any atom is -0.468 e. The van der Waals surface area contributed by atoms with Gasteiger partial charge in [0.25, 0.3) is 0 Å². The molecule has 3 saturated heterocycles. The van der Waals surface area contributed by atoms with Crippen LogP contribution in [0, 0.1) is 0 Å². The molecule has 6 nitrogen and oxygen atoms in total. The van der Waals surface area contributed by atoms with Gasteiger partial charge in [-0.05, 0) is 11.6 Å². The van der Waals surface area contributed by atoms with Crippen molar-refractivity contribution in [3.8, 4) is 5.88 Å². The number of carbonyl (C=O) groups excluding carboxylic acids is 1. The van der Waals surface area contributed by atoms with Gasteiger partial charge in [-0.2, -0.15) is 13.2 Å². The largest absolute Gasteiger partial charge is 0.468 e. The Balaban J connectivity index is 1.43. The second-order valence-electron chi connectivity index (χ2n) is 5.99. The van der Waals surface area contributed by atoms with Crippen LogP contribution in [0.5, 0.6) is 5.88 Å². The van der Waals surface area contributed by atoms with Gasteiger partial charge in [0.05, 0.1) is 18.8 Å². The molecule has 4 rings (SSSR count). The predicted molar refractivity (Wildman–Crippen MR) is 77.4 cm³/mol. The summed E-state index contributed by atoms with van der Waals surface area (Å²) in [5, 5.41) is 2.75. The fourth-order valence-electron chi connectivity index (χ4n) is 2.82. The van der Waals surface area contributed by atoms with Gasteiger partial charge in [-0.15, -0.1) is 0 Å². The number of carbonyl (C=O) groups is 1. The predicted octanol–water partition coefficient (Wildman–Crippen LogP) is 1.11. The average Bonchev–Trinajstić information content (AvgIpc) is 2.50. The van der Waals surface area contributed by atoms with Crippen molar-refractivity contribution in [1.82, 2.24) is 15.2 Å². The topological polar surface area (TPSA) is 63.7 Å². The van der Waals surface area contributed by atoms with E-state index >= 15 is 0 Å². The molecule has 0 aromatic carbocycles. The summed E-state index contributed by atoms with van der Waals surface area (Å²) in [6, 6.07) is 3.00. The summed E-state index contributed by atoms with van der Waals surface area (Å²) in [5.74, 6) is -0.252. The van der Waals surface area contributed by atoms with Crippen molar-refractivity contribution < 1.29 is 27.4 Å². The van der Waals surface area contributed by atoms with E-state index in [2.05, 4.69) is 15.0 Å². The molecule has 3 fully saturated rings. The monoisotopic (exact) mass is 345 g/mol. The minimum atomic E-state index is -4.41. The van der Waals surface area contributed by atoms with E-state index in [1.807, 2.05) is 4.90 Å². The molecule has 3 aliphatic heterocycles. The second kappa shape index (κ2) is 6.94. The molecular formula is C15H18F3N3O3. The van der Waals surface area contributed by atoms with Gasteiger partial charge in [0.2, 0.25) is 11.8 Å². The van der Waals surface area contributed by atoms with Crippen LogP contribution in [0.4, 0.5) is 13.2 Å². The molecule has 0 radical (unpaired) electrons. The number of alkyl halides is 3. The standard InChI is InChI=1S/C15H18F3N3O3/c16-15(17,18)9-23-14-3-10(1-2-19-14)5-20-13(22)8-21-6-11-4-12(7-21)24-11/h1-3,11-12H,4-9H2,(H,20,22). The number of morpholine rings is 1. The molecule has 0 aliphatic carbocycles. The zero-order valence-electron chi connectivity index (χ0n) is 12.9. The lowest BCUT2D eigenvalue weighted by molar-refractivity contribution is -0.181. The minimum absolute atomic E-state index is 0.118. The van der Waals surface area contributed by atoms with Crippen LogP contribution in [0.1, 0.15) is 12.0 Å². The number of fused-ring (bicyclic) bond motifs is 2. The number of nitrogens with zero attached hydrogens (tertiary/aromatic N) is 2. The number of nitrogens with one attached hydrogen (secondary N) is 1. The summed E-state index contributed by atoms with van der Waals surface area (Å²) in [4.78, 5) is 17.7. The quantitative estimate of drug-likeness (QED) is 0.837. The molecule has 2 unspecified atom stereocenters. The van der Waals surface area contributed by atoms with E-state index in [4.69, 9.17) is 4.74 Å². The van der Waals surface area contributed by atoms with Gasteiger partial charge >= 0.3 is 6.18 Å². The number of pyridine rings is 1. The SMILES string of the molecule is O=C(CN1CC2CC(C1)O2)NCc1ccnc(OCC(F)(F)F)c1. The molecule has 2 atom stereocenters. The molecule has 24 heavy (non-hydrogen) atoms. The third kappa shape index (κ3) is 4.81. The van der Waals surface area contributed by atoms with Gasteiger partial charge in [-0.25, -0.2) is 4.98 Å². The zero-order chi connectivity index (χ0) is 17.2. The van der Waals surface area contributed by atoms with E-state index in [1.54, 1.807) is 6.07 Å². The molecule has 132 valence electrons. The Labute approximate surface area is 136 Å². The first-order valence-corrected chi connectivity index (χ1v) is 7.66. The van der Waals surface area contributed by atoms with Gasteiger partial charge in [-0.3, -0.25) is 9.69 Å². The highest BCUT2D eigenvalue weighted by Crippen LogP contribution is 2.27. The maximum absolute atomic E-state index is 12.1. The van der Waals surface area contributed by atoms with Crippen molar-refractivity contribution in [2.24, 2.45) is 0 Å². The van der Waals surface area contributed by atoms with E-state index in [0.717, 1.165) is 19.5 Å². The van der Waals surface area contributed by atoms with E-state index in [-0.39, 0.29) is 30.5 Å². The lowest BCUT2D eigenvalue weighted by Crippen LogP contribution is -2.58. The molecule has 2 bridgehead atoms. The highest BCUT2D eigenvalue weighted by Gasteiger charge is 2.38. The Morgan fingerprint density at radius 1 is 1.42 bits per heavy atom. The molecule has 1 aromatic heterocycles. The average molecular weight is 345 g/mol. The van der Waals surface area contributed by atoms with Crippen molar-refractivity contribution >= 4 is 5.91 Å². The Kier molecular flexibility index (Phi) is 4.91. The van der Waals surface area contributed by atoms with Crippen LogP contribution >= 0.6 is 0 Å². The summed E-state index contributed by atoms with van der Waals surface area (Å²) in [5.41, 5.74) is 0.625. The van der Waals surface area contributed by atoms with Gasteiger partial charge in [0.1, 0.15) is 0 Å². The normalized spacial score (nSPS) is 23.5. The number of amides is 1. The first kappa shape index (κ1) is 17.0. The fraction of sp³-hybridized carbons (Fsp3) is 0.600. The maximum atomic E-state index is 12.1. The van der Waals surface area contributed by atoms with E-state index in [1.165, 1.54) is 12.3 Å². The Bertz CT molecular complexity index is 581. The van der Waals surface area contributed by atoms with Crippen molar-refractivity contribution in [3.05, 3.63) is 23.9 Å². The summed E-state index contributed by atoms with van der Waals surface area (Å²) >= 11 is 0. The molecule has 1 N–H and O–H groups in total. The van der Waals surface area contributed by atoms with Gasteiger partial charge < -0.3 is 14.8 Å². The van der Waals surface area contributed by atoms with Crippen LogP contribution < -0.4 is 10.1 Å². The van der Waals surface area contributed by atoms with E-state index < -0.39 is 12.8 Å². The van der Waals surface area contributed by atoms with Crippen LogP contribution in [-0.4, -0.2) is 60.4 Å². The summed E-state index contributed by atoms with van der Waals surface area (Å²) < 4.78 is 46.5. The fourth-order valence-corrected chi connectivity index (χ4v) is 2.82. The summed E-state index contributed by atoms with van der Waals surface area (Å²) in [6.07, 6.45) is -1.52. The van der Waals surface area contributed by atoms with Gasteiger partial charge in [-0.1, -0.05) is 0 Å². The zero-order valence-corrected chi connectivity index (χ0v) is 12.9. The van der Waals surface area contributed by atoms with E-state index in [0.29, 0.717) is 12.1 Å². The number of ether oxygens (including phenoxy) is 2. The molecule has 3 aliphatic rings. The number of hydrogen-bond donors (Lipinski definition) is 1. The third-order valence-electron chi connectivity index (χ3n) is 3.87. The summed E-state index contributed by atoms with van der Waals surface area (Å²) in [7, 11) is 0. The van der Waals surface area contributed by atoms with Crippen LogP contribution in [0.15, 0.2) is 18.3 Å². The number of hydrogen-bond acceptors (Lipinski definition) is 5. The first-order chi connectivity index (χ1) is 11.4. The smallest absolute Gasteiger partial charge is 0.422 e. The van der Waals surface area contributed by atoms with Crippen molar-refractivity contribution in [2.75, 3.05) is 26.2 Å². The van der Waals surface area contributed by atoms with Crippen molar-refractivity contribution in [1.29, 1.82) is 0 Å². The first-order valence-electron chi connectivity index (χ1n) is 7.66. The lowest BCUT2D eigenvalue weighted by atomic mass is 9.99. The molecule has 1 aromatic rings. The van der Waals surface area contributed by atoms with Crippen molar-refractivity contribution in [2.45, 2.75) is 31.3 Å². The van der Waals surface area contributed by atoms with E-state index in [9.17, 15) is 18.0 Å². The van der Waals surface area contributed by atoms with Crippen LogP contribution in [0.2, 0.25) is 0 Å². The number of piperidine rings is 1. The molecule has 0 saturated carbocycles. The van der Waals surface area contributed by atoms with Crippen LogP contribution in [-0.2, 0) is 16.1 Å². The third-order valence-corrected chi connectivity index (χ3v) is 3.87. The lowest BCUT2D eigenvalue weighted by Gasteiger charge is -2.46. The Hall–Kier alpha value is -1.87. The highest BCUT2D eigenvalue weighted by atomic mass is 19.4. The maximum Gasteiger partial charge on any atom is 0.422 e. The molecule has 9 heteroatoms. The summed E-state index contributed by atoms with van der Waals surface area (Å²) in [6.45, 7) is 0.623.